The van der Waals surface area contributed by atoms with Crippen LogP contribution in [0.5, 0.6) is 5.75 Å². The molecular weight excluding hydrogens is 430 g/mol. The fourth-order valence-corrected chi connectivity index (χ4v) is 5.02. The summed E-state index contributed by atoms with van der Waals surface area (Å²) in [4.78, 5) is 13.0. The van der Waals surface area contributed by atoms with E-state index < -0.39 is 0 Å². The van der Waals surface area contributed by atoms with Crippen LogP contribution in [0.1, 0.15) is 21.5 Å². The van der Waals surface area contributed by atoms with Gasteiger partial charge in [-0.2, -0.15) is 0 Å². The Labute approximate surface area is 197 Å². The molecule has 0 saturated carbocycles. The van der Waals surface area contributed by atoms with Crippen LogP contribution in [0.4, 0.5) is 0 Å². The zero-order valence-corrected chi connectivity index (χ0v) is 19.1. The number of allylic oxidation sites excluding steroid dienone is 1. The first-order chi connectivity index (χ1) is 16.2. The van der Waals surface area contributed by atoms with Gasteiger partial charge in [0.1, 0.15) is 5.75 Å². The molecule has 0 saturated heterocycles. The predicted octanol–water partition coefficient (Wildman–Crippen LogP) is 5.69. The van der Waals surface area contributed by atoms with E-state index in [0.717, 1.165) is 29.1 Å². The summed E-state index contributed by atoms with van der Waals surface area (Å²) < 4.78 is 7.22. The molecule has 0 unspecified atom stereocenters. The molecule has 5 rings (SSSR count). The molecule has 0 N–H and O–H groups in total. The van der Waals surface area contributed by atoms with E-state index in [1.54, 1.807) is 13.2 Å². The molecule has 6 heteroatoms. The Hall–Kier alpha value is -3.64. The molecule has 5 nitrogen and oxygen atoms in total. The van der Waals surface area contributed by atoms with Gasteiger partial charge in [-0.05, 0) is 59.0 Å². The number of benzene rings is 3. The van der Waals surface area contributed by atoms with Gasteiger partial charge in [0.25, 0.3) is 0 Å². The Balaban J connectivity index is 1.33. The van der Waals surface area contributed by atoms with Crippen LogP contribution < -0.4 is 4.74 Å². The Morgan fingerprint density at radius 1 is 1.06 bits per heavy atom. The lowest BCUT2D eigenvalue weighted by Crippen LogP contribution is -2.06. The SMILES string of the molecule is C=CCn1c(SCC(=O)c2ccc3c(c2)Cc2ccccc2-3)nnc1-c1ccc(OC)cc1. The highest BCUT2D eigenvalue weighted by molar-refractivity contribution is 7.99. The van der Waals surface area contributed by atoms with E-state index in [2.05, 4.69) is 47.1 Å². The molecule has 1 aromatic heterocycles. The minimum Gasteiger partial charge on any atom is -0.497 e. The van der Waals surface area contributed by atoms with Gasteiger partial charge in [-0.3, -0.25) is 9.36 Å². The molecule has 1 aliphatic rings. The molecule has 33 heavy (non-hydrogen) atoms. The van der Waals surface area contributed by atoms with E-state index >= 15 is 0 Å². The van der Waals surface area contributed by atoms with Gasteiger partial charge in [0.05, 0.1) is 12.9 Å². The number of hydrogen-bond donors (Lipinski definition) is 0. The van der Waals surface area contributed by atoms with Gasteiger partial charge < -0.3 is 4.74 Å². The average Bonchev–Trinajstić information content (AvgIpc) is 3.43. The van der Waals surface area contributed by atoms with Gasteiger partial charge in [-0.25, -0.2) is 0 Å². The molecule has 0 spiro atoms. The third kappa shape index (κ3) is 4.10. The van der Waals surface area contributed by atoms with E-state index in [9.17, 15) is 4.79 Å². The van der Waals surface area contributed by atoms with Crippen molar-refractivity contribution in [1.82, 2.24) is 14.8 Å². The van der Waals surface area contributed by atoms with Crippen molar-refractivity contribution in [3.05, 3.63) is 96.1 Å². The maximum Gasteiger partial charge on any atom is 0.192 e. The number of rotatable bonds is 8. The Morgan fingerprint density at radius 2 is 1.85 bits per heavy atom. The van der Waals surface area contributed by atoms with E-state index in [1.165, 1.54) is 34.0 Å². The van der Waals surface area contributed by atoms with Gasteiger partial charge in [0, 0.05) is 17.7 Å². The number of nitrogens with zero attached hydrogens (tertiary/aromatic N) is 3. The maximum atomic E-state index is 13.0. The van der Waals surface area contributed by atoms with Crippen molar-refractivity contribution in [2.45, 2.75) is 18.1 Å². The van der Waals surface area contributed by atoms with E-state index in [4.69, 9.17) is 4.74 Å². The van der Waals surface area contributed by atoms with Crippen LogP contribution in [0.25, 0.3) is 22.5 Å². The smallest absolute Gasteiger partial charge is 0.192 e. The van der Waals surface area contributed by atoms with Crippen LogP contribution in [0.15, 0.2) is 84.5 Å². The number of carbonyl (C=O) groups is 1. The quantitative estimate of drug-likeness (QED) is 0.172. The van der Waals surface area contributed by atoms with Crippen molar-refractivity contribution in [3.8, 4) is 28.3 Å². The van der Waals surface area contributed by atoms with Gasteiger partial charge in [0.15, 0.2) is 16.8 Å². The molecule has 0 fully saturated rings. The molecular formula is C27H23N3O2S. The highest BCUT2D eigenvalue weighted by Crippen LogP contribution is 2.37. The van der Waals surface area contributed by atoms with Crippen molar-refractivity contribution >= 4 is 17.5 Å². The average molecular weight is 454 g/mol. The molecule has 1 heterocycles. The Bertz CT molecular complexity index is 1340. The first-order valence-corrected chi connectivity index (χ1v) is 11.7. The van der Waals surface area contributed by atoms with Crippen molar-refractivity contribution < 1.29 is 9.53 Å². The summed E-state index contributed by atoms with van der Waals surface area (Å²) >= 11 is 1.40. The summed E-state index contributed by atoms with van der Waals surface area (Å²) in [5, 5.41) is 9.42. The highest BCUT2D eigenvalue weighted by atomic mass is 32.2. The number of aromatic nitrogens is 3. The summed E-state index contributed by atoms with van der Waals surface area (Å²) in [5.74, 6) is 1.90. The van der Waals surface area contributed by atoms with Gasteiger partial charge in [0.2, 0.25) is 0 Å². The fourth-order valence-electron chi connectivity index (χ4n) is 4.17. The number of thioether (sulfide) groups is 1. The van der Waals surface area contributed by atoms with Crippen LogP contribution in [0.2, 0.25) is 0 Å². The fraction of sp³-hybridized carbons (Fsp3) is 0.148. The number of ketones is 1. The van der Waals surface area contributed by atoms with Crippen LogP contribution in [0.3, 0.4) is 0 Å². The Kier molecular flexibility index (Phi) is 5.84. The van der Waals surface area contributed by atoms with E-state index in [0.29, 0.717) is 17.5 Å². The Morgan fingerprint density at radius 3 is 2.64 bits per heavy atom. The minimum absolute atomic E-state index is 0.0814. The van der Waals surface area contributed by atoms with Gasteiger partial charge >= 0.3 is 0 Å². The lowest BCUT2D eigenvalue weighted by atomic mass is 10.0. The molecule has 3 aromatic carbocycles. The zero-order chi connectivity index (χ0) is 22.8. The van der Waals surface area contributed by atoms with Crippen LogP contribution >= 0.6 is 11.8 Å². The molecule has 0 aliphatic heterocycles. The predicted molar refractivity (Wildman–Crippen MR) is 132 cm³/mol. The molecule has 0 atom stereocenters. The van der Waals surface area contributed by atoms with Crippen molar-refractivity contribution in [2.75, 3.05) is 12.9 Å². The van der Waals surface area contributed by atoms with Crippen LogP contribution in [0, 0.1) is 0 Å². The maximum absolute atomic E-state index is 13.0. The highest BCUT2D eigenvalue weighted by Gasteiger charge is 2.20. The zero-order valence-electron chi connectivity index (χ0n) is 18.3. The van der Waals surface area contributed by atoms with Crippen LogP contribution in [-0.2, 0) is 13.0 Å². The third-order valence-electron chi connectivity index (χ3n) is 5.82. The third-order valence-corrected chi connectivity index (χ3v) is 6.79. The summed E-state index contributed by atoms with van der Waals surface area (Å²) in [6.45, 7) is 4.42. The number of carbonyl (C=O) groups excluding carboxylic acids is 1. The second kappa shape index (κ2) is 9.08. The van der Waals surface area contributed by atoms with E-state index in [1.807, 2.05) is 41.0 Å². The monoisotopic (exact) mass is 453 g/mol. The summed E-state index contributed by atoms with van der Waals surface area (Å²) in [5.41, 5.74) is 6.69. The number of fused-ring (bicyclic) bond motifs is 3. The number of methoxy groups -OCH3 is 1. The van der Waals surface area contributed by atoms with Gasteiger partial charge in [-0.1, -0.05) is 54.2 Å². The summed E-state index contributed by atoms with van der Waals surface area (Å²) in [6.07, 6.45) is 2.68. The molecule has 0 radical (unpaired) electrons. The van der Waals surface area contributed by atoms with Crippen molar-refractivity contribution in [1.29, 1.82) is 0 Å². The van der Waals surface area contributed by atoms with Gasteiger partial charge in [-0.15, -0.1) is 16.8 Å². The largest absolute Gasteiger partial charge is 0.497 e. The van der Waals surface area contributed by atoms with Crippen molar-refractivity contribution in [2.24, 2.45) is 0 Å². The van der Waals surface area contributed by atoms with E-state index in [-0.39, 0.29) is 5.78 Å². The molecule has 4 aromatic rings. The number of ether oxygens (including phenoxy) is 1. The van der Waals surface area contributed by atoms with Crippen molar-refractivity contribution in [3.63, 3.8) is 0 Å². The molecule has 164 valence electrons. The molecule has 1 aliphatic carbocycles. The molecule has 0 bridgehead atoms. The number of hydrogen-bond acceptors (Lipinski definition) is 5. The molecule has 0 amide bonds. The van der Waals surface area contributed by atoms with Crippen LogP contribution in [-0.4, -0.2) is 33.4 Å². The second-order valence-corrected chi connectivity index (χ2v) is 8.79. The topological polar surface area (TPSA) is 57.0 Å². The second-order valence-electron chi connectivity index (χ2n) is 7.85. The first kappa shape index (κ1) is 21.2. The summed E-state index contributed by atoms with van der Waals surface area (Å²) in [7, 11) is 1.64. The normalized spacial score (nSPS) is 11.7. The lowest BCUT2D eigenvalue weighted by molar-refractivity contribution is 0.102. The standard InChI is InChI=1S/C27H23N3O2S/c1-3-14-30-26(18-8-11-22(32-2)12-9-18)28-29-27(30)33-17-25(31)20-10-13-24-21(16-20)15-19-6-4-5-7-23(19)24/h3-13,16H,1,14-15,17H2,2H3. The lowest BCUT2D eigenvalue weighted by Gasteiger charge is -2.09. The summed E-state index contributed by atoms with van der Waals surface area (Å²) in [6, 6.07) is 22.1. The number of Topliss-reactive ketones (excluding diaryl/α,β-unsaturated/α-hetero) is 1. The first-order valence-electron chi connectivity index (χ1n) is 10.7. The minimum atomic E-state index is 0.0814.